The molecule has 1 fully saturated rings. The molecule has 2 amide bonds. The summed E-state index contributed by atoms with van der Waals surface area (Å²) in [5.74, 6) is -1.48. The summed E-state index contributed by atoms with van der Waals surface area (Å²) in [6, 6.07) is 11.1. The van der Waals surface area contributed by atoms with Crippen LogP contribution >= 0.6 is 0 Å². The predicted molar refractivity (Wildman–Crippen MR) is 108 cm³/mol. The molecule has 2 N–H and O–H groups in total. The third-order valence-corrected chi connectivity index (χ3v) is 4.86. The number of alkyl carbamates (subject to hydrolysis) is 1. The van der Waals surface area contributed by atoms with E-state index >= 15 is 0 Å². The van der Waals surface area contributed by atoms with Gasteiger partial charge in [-0.05, 0) is 49.9 Å². The lowest BCUT2D eigenvalue weighted by molar-refractivity contribution is -0.149. The van der Waals surface area contributed by atoms with Gasteiger partial charge in [0, 0.05) is 6.54 Å². The van der Waals surface area contributed by atoms with Gasteiger partial charge in [-0.15, -0.1) is 0 Å². The Bertz CT molecular complexity index is 929. The normalized spacial score (nSPS) is 17.8. The maximum absolute atomic E-state index is 13.4. The van der Waals surface area contributed by atoms with Gasteiger partial charge in [-0.2, -0.15) is 0 Å². The molecule has 1 aliphatic heterocycles. The van der Waals surface area contributed by atoms with Crippen molar-refractivity contribution in [2.75, 3.05) is 6.54 Å². The number of carbonyl (C=O) groups is 3. The summed E-state index contributed by atoms with van der Waals surface area (Å²) in [7, 11) is 0. The molecule has 154 valence electrons. The molecule has 0 bridgehead atoms. The lowest BCUT2D eigenvalue weighted by Crippen LogP contribution is -2.48. The van der Waals surface area contributed by atoms with E-state index < -0.39 is 35.7 Å². The van der Waals surface area contributed by atoms with E-state index in [1.807, 2.05) is 36.4 Å². The highest BCUT2D eigenvalue weighted by molar-refractivity contribution is 5.96. The van der Waals surface area contributed by atoms with Crippen molar-refractivity contribution in [3.8, 4) is 0 Å². The van der Waals surface area contributed by atoms with E-state index in [-0.39, 0.29) is 0 Å². The van der Waals surface area contributed by atoms with Crippen LogP contribution in [0.1, 0.15) is 45.2 Å². The predicted octanol–water partition coefficient (Wildman–Crippen LogP) is 3.48. The van der Waals surface area contributed by atoms with Gasteiger partial charge >= 0.3 is 12.1 Å². The Hall–Kier alpha value is -3.09. The Balaban J connectivity index is 2.01. The number of aliphatic carboxylic acids is 1. The topological polar surface area (TPSA) is 95.9 Å². The highest BCUT2D eigenvalue weighted by Crippen LogP contribution is 2.29. The fourth-order valence-electron chi connectivity index (χ4n) is 3.65. The third kappa shape index (κ3) is 4.67. The average molecular weight is 398 g/mol. The van der Waals surface area contributed by atoms with Crippen molar-refractivity contribution in [1.82, 2.24) is 10.2 Å². The molecule has 1 heterocycles. The zero-order valence-electron chi connectivity index (χ0n) is 16.8. The number of amides is 2. The smallest absolute Gasteiger partial charge is 0.408 e. The standard InChI is InChI=1S/C22H26N2O5/c1-22(2,3)29-21(28)23-18(19(25)24-13-7-12-17(24)20(26)27)16-11-6-9-14-8-4-5-10-15(14)16/h4-6,8-11,17-18H,7,12-13H2,1-3H3,(H,23,28)(H,26,27)/t17-,18+/m0/s1. The first-order valence-corrected chi connectivity index (χ1v) is 9.68. The minimum atomic E-state index is -1.05. The highest BCUT2D eigenvalue weighted by atomic mass is 16.6. The van der Waals surface area contributed by atoms with Gasteiger partial charge in [-0.3, -0.25) is 4.79 Å². The molecular formula is C22H26N2O5. The number of nitrogens with one attached hydrogen (secondary N) is 1. The minimum absolute atomic E-state index is 0.340. The molecule has 2 aromatic carbocycles. The van der Waals surface area contributed by atoms with Gasteiger partial charge in [-0.1, -0.05) is 42.5 Å². The van der Waals surface area contributed by atoms with Crippen molar-refractivity contribution < 1.29 is 24.2 Å². The zero-order valence-corrected chi connectivity index (χ0v) is 16.8. The number of carboxylic acids is 1. The van der Waals surface area contributed by atoms with Crippen LogP contribution in [0, 0.1) is 0 Å². The Morgan fingerprint density at radius 3 is 2.52 bits per heavy atom. The number of benzene rings is 2. The second-order valence-electron chi connectivity index (χ2n) is 8.18. The molecule has 0 saturated carbocycles. The van der Waals surface area contributed by atoms with Crippen molar-refractivity contribution in [3.05, 3.63) is 48.0 Å². The third-order valence-electron chi connectivity index (χ3n) is 4.86. The lowest BCUT2D eigenvalue weighted by Gasteiger charge is -2.29. The van der Waals surface area contributed by atoms with Crippen molar-refractivity contribution >= 4 is 28.7 Å². The second-order valence-corrected chi connectivity index (χ2v) is 8.18. The summed E-state index contributed by atoms with van der Waals surface area (Å²) < 4.78 is 5.35. The summed E-state index contributed by atoms with van der Waals surface area (Å²) in [5, 5.41) is 13.9. The number of nitrogens with zero attached hydrogens (tertiary/aromatic N) is 1. The Kier molecular flexibility index (Phi) is 5.77. The van der Waals surface area contributed by atoms with E-state index in [0.29, 0.717) is 24.9 Å². The van der Waals surface area contributed by atoms with E-state index in [1.54, 1.807) is 26.8 Å². The maximum Gasteiger partial charge on any atom is 0.408 e. The Labute approximate surface area is 169 Å². The summed E-state index contributed by atoms with van der Waals surface area (Å²) in [6.07, 6.45) is 0.280. The minimum Gasteiger partial charge on any atom is -0.480 e. The number of carboxylic acid groups (broad SMARTS) is 1. The van der Waals surface area contributed by atoms with E-state index in [4.69, 9.17) is 4.74 Å². The van der Waals surface area contributed by atoms with Crippen molar-refractivity contribution in [2.45, 2.75) is 51.3 Å². The molecule has 7 heteroatoms. The van der Waals surface area contributed by atoms with E-state index in [2.05, 4.69) is 5.32 Å². The van der Waals surface area contributed by atoms with Gasteiger partial charge in [0.25, 0.3) is 5.91 Å². The Morgan fingerprint density at radius 2 is 1.83 bits per heavy atom. The monoisotopic (exact) mass is 398 g/mol. The van der Waals surface area contributed by atoms with Crippen LogP contribution in [-0.2, 0) is 14.3 Å². The van der Waals surface area contributed by atoms with Crippen molar-refractivity contribution in [1.29, 1.82) is 0 Å². The van der Waals surface area contributed by atoms with Crippen LogP contribution in [0.25, 0.3) is 10.8 Å². The molecular weight excluding hydrogens is 372 g/mol. The first-order chi connectivity index (χ1) is 13.7. The van der Waals surface area contributed by atoms with Gasteiger partial charge < -0.3 is 20.1 Å². The summed E-state index contributed by atoms with van der Waals surface area (Å²) >= 11 is 0. The number of fused-ring (bicyclic) bond motifs is 1. The molecule has 29 heavy (non-hydrogen) atoms. The lowest BCUT2D eigenvalue weighted by atomic mass is 9.97. The van der Waals surface area contributed by atoms with Crippen molar-refractivity contribution in [3.63, 3.8) is 0 Å². The molecule has 2 aromatic rings. The van der Waals surface area contributed by atoms with Crippen LogP contribution in [0.4, 0.5) is 4.79 Å². The van der Waals surface area contributed by atoms with Gasteiger partial charge in [0.15, 0.2) is 0 Å². The summed E-state index contributed by atoms with van der Waals surface area (Å²) in [4.78, 5) is 38.8. The van der Waals surface area contributed by atoms with Gasteiger partial charge in [0.1, 0.15) is 17.7 Å². The van der Waals surface area contributed by atoms with Crippen LogP contribution < -0.4 is 5.32 Å². The fraction of sp³-hybridized carbons (Fsp3) is 0.409. The number of hydrogen-bond acceptors (Lipinski definition) is 4. The van der Waals surface area contributed by atoms with Crippen LogP contribution in [0.15, 0.2) is 42.5 Å². The molecule has 1 aliphatic rings. The van der Waals surface area contributed by atoms with Gasteiger partial charge in [-0.25, -0.2) is 9.59 Å². The molecule has 7 nitrogen and oxygen atoms in total. The van der Waals surface area contributed by atoms with E-state index in [1.165, 1.54) is 4.90 Å². The second kappa shape index (κ2) is 8.11. The molecule has 1 saturated heterocycles. The van der Waals surface area contributed by atoms with E-state index in [9.17, 15) is 19.5 Å². The van der Waals surface area contributed by atoms with Crippen LogP contribution in [-0.4, -0.2) is 46.2 Å². The molecule has 0 unspecified atom stereocenters. The number of likely N-dealkylation sites (tertiary alicyclic amines) is 1. The number of hydrogen-bond donors (Lipinski definition) is 2. The maximum atomic E-state index is 13.4. The molecule has 3 rings (SSSR count). The highest BCUT2D eigenvalue weighted by Gasteiger charge is 2.39. The number of ether oxygens (including phenoxy) is 1. The first-order valence-electron chi connectivity index (χ1n) is 9.68. The first kappa shape index (κ1) is 20.6. The molecule has 0 radical (unpaired) electrons. The summed E-state index contributed by atoms with van der Waals surface area (Å²) in [5.41, 5.74) is -0.122. The SMILES string of the molecule is CC(C)(C)OC(=O)N[C@@H](C(=O)N1CCC[C@H]1C(=O)O)c1cccc2ccccc12. The summed E-state index contributed by atoms with van der Waals surface area (Å²) in [6.45, 7) is 5.56. The number of rotatable bonds is 4. The number of carbonyl (C=O) groups excluding carboxylic acids is 2. The molecule has 0 aromatic heterocycles. The van der Waals surface area contributed by atoms with Gasteiger partial charge in [0.05, 0.1) is 0 Å². The molecule has 0 aliphatic carbocycles. The van der Waals surface area contributed by atoms with Gasteiger partial charge in [0.2, 0.25) is 0 Å². The molecule has 2 atom stereocenters. The van der Waals surface area contributed by atoms with E-state index in [0.717, 1.165) is 10.8 Å². The average Bonchev–Trinajstić information content (AvgIpc) is 3.14. The zero-order chi connectivity index (χ0) is 21.2. The fourth-order valence-corrected chi connectivity index (χ4v) is 3.65. The Morgan fingerprint density at radius 1 is 1.14 bits per heavy atom. The van der Waals surface area contributed by atoms with Crippen LogP contribution in [0.2, 0.25) is 0 Å². The van der Waals surface area contributed by atoms with Crippen molar-refractivity contribution in [2.24, 2.45) is 0 Å². The van der Waals surface area contributed by atoms with Crippen LogP contribution in [0.5, 0.6) is 0 Å². The quantitative estimate of drug-likeness (QED) is 0.822. The molecule has 0 spiro atoms. The van der Waals surface area contributed by atoms with Crippen LogP contribution in [0.3, 0.4) is 0 Å². The largest absolute Gasteiger partial charge is 0.480 e.